The summed E-state index contributed by atoms with van der Waals surface area (Å²) in [7, 11) is 3.14. The van der Waals surface area contributed by atoms with Gasteiger partial charge in [0, 0.05) is 17.5 Å². The Morgan fingerprint density at radius 3 is 2.50 bits per heavy atom. The average Bonchev–Trinajstić information content (AvgIpc) is 2.83. The second kappa shape index (κ2) is 5.40. The lowest BCUT2D eigenvalue weighted by atomic mass is 9.93. The number of carbonyl (C=O) groups is 1. The zero-order valence-electron chi connectivity index (χ0n) is 10.8. The quantitative estimate of drug-likeness (QED) is 0.829. The molecule has 1 aliphatic rings. The Hall–Kier alpha value is -1.55. The van der Waals surface area contributed by atoms with E-state index < -0.39 is 0 Å². The molecule has 0 aliphatic heterocycles. The molecule has 0 radical (unpaired) electrons. The lowest BCUT2D eigenvalue weighted by Gasteiger charge is -2.15. The summed E-state index contributed by atoms with van der Waals surface area (Å²) >= 11 is 0. The SMILES string of the molecule is COc1ccc(C(=O)C2CCCC2N)cc1OC. The zero-order valence-corrected chi connectivity index (χ0v) is 10.8. The van der Waals surface area contributed by atoms with Crippen molar-refractivity contribution in [2.45, 2.75) is 25.3 Å². The molecule has 0 heterocycles. The van der Waals surface area contributed by atoms with Crippen LogP contribution in [0.15, 0.2) is 18.2 Å². The van der Waals surface area contributed by atoms with Crippen LogP contribution in [0.1, 0.15) is 29.6 Å². The van der Waals surface area contributed by atoms with Crippen molar-refractivity contribution in [1.82, 2.24) is 0 Å². The lowest BCUT2D eigenvalue weighted by Crippen LogP contribution is -2.30. The second-order valence-electron chi connectivity index (χ2n) is 4.64. The number of Topliss-reactive ketones (excluding diaryl/α,β-unsaturated/α-hetero) is 1. The third-order valence-electron chi connectivity index (χ3n) is 3.57. The maximum absolute atomic E-state index is 12.3. The topological polar surface area (TPSA) is 61.5 Å². The Morgan fingerprint density at radius 2 is 1.94 bits per heavy atom. The molecule has 0 bridgehead atoms. The van der Waals surface area contributed by atoms with Crippen molar-refractivity contribution in [2.24, 2.45) is 11.7 Å². The van der Waals surface area contributed by atoms with Crippen LogP contribution in [-0.4, -0.2) is 26.0 Å². The molecule has 4 nitrogen and oxygen atoms in total. The number of methoxy groups -OCH3 is 2. The summed E-state index contributed by atoms with van der Waals surface area (Å²) in [6.45, 7) is 0. The molecule has 1 aromatic rings. The van der Waals surface area contributed by atoms with Crippen molar-refractivity contribution in [3.63, 3.8) is 0 Å². The van der Waals surface area contributed by atoms with Crippen LogP contribution < -0.4 is 15.2 Å². The minimum atomic E-state index is -0.0527. The smallest absolute Gasteiger partial charge is 0.167 e. The van der Waals surface area contributed by atoms with Gasteiger partial charge in [-0.25, -0.2) is 0 Å². The molecule has 0 amide bonds. The summed E-state index contributed by atoms with van der Waals surface area (Å²) in [5.41, 5.74) is 6.62. The molecule has 1 saturated carbocycles. The number of benzene rings is 1. The molecule has 2 rings (SSSR count). The van der Waals surface area contributed by atoms with Crippen LogP contribution >= 0.6 is 0 Å². The molecular weight excluding hydrogens is 230 g/mol. The molecule has 2 atom stereocenters. The van der Waals surface area contributed by atoms with Gasteiger partial charge in [-0.15, -0.1) is 0 Å². The van der Waals surface area contributed by atoms with Crippen molar-refractivity contribution >= 4 is 5.78 Å². The van der Waals surface area contributed by atoms with Gasteiger partial charge < -0.3 is 15.2 Å². The van der Waals surface area contributed by atoms with Gasteiger partial charge in [0.25, 0.3) is 0 Å². The summed E-state index contributed by atoms with van der Waals surface area (Å²) in [6.07, 6.45) is 2.85. The fraction of sp³-hybridized carbons (Fsp3) is 0.500. The molecule has 1 fully saturated rings. The van der Waals surface area contributed by atoms with Gasteiger partial charge in [0.15, 0.2) is 17.3 Å². The highest BCUT2D eigenvalue weighted by Crippen LogP contribution is 2.32. The van der Waals surface area contributed by atoms with Gasteiger partial charge in [-0.2, -0.15) is 0 Å². The molecular formula is C14H19NO3. The number of ether oxygens (including phenoxy) is 2. The first-order valence-corrected chi connectivity index (χ1v) is 6.19. The standard InChI is InChI=1S/C14H19NO3/c1-17-12-7-6-9(8-13(12)18-2)14(16)10-4-3-5-11(10)15/h6-8,10-11H,3-5,15H2,1-2H3. The van der Waals surface area contributed by atoms with E-state index in [1.807, 2.05) is 0 Å². The summed E-state index contributed by atoms with van der Waals surface area (Å²) in [6, 6.07) is 5.25. The molecule has 1 aliphatic carbocycles. The lowest BCUT2D eigenvalue weighted by molar-refractivity contribution is 0.0913. The molecule has 2 unspecified atom stereocenters. The van der Waals surface area contributed by atoms with Gasteiger partial charge >= 0.3 is 0 Å². The Morgan fingerprint density at radius 1 is 1.22 bits per heavy atom. The minimum absolute atomic E-state index is 0.00871. The minimum Gasteiger partial charge on any atom is -0.493 e. The highest BCUT2D eigenvalue weighted by atomic mass is 16.5. The van der Waals surface area contributed by atoms with E-state index in [9.17, 15) is 4.79 Å². The molecule has 0 aromatic heterocycles. The van der Waals surface area contributed by atoms with Crippen molar-refractivity contribution in [2.75, 3.05) is 14.2 Å². The highest BCUT2D eigenvalue weighted by Gasteiger charge is 2.31. The van der Waals surface area contributed by atoms with Crippen molar-refractivity contribution < 1.29 is 14.3 Å². The zero-order chi connectivity index (χ0) is 13.1. The van der Waals surface area contributed by atoms with E-state index in [4.69, 9.17) is 15.2 Å². The van der Waals surface area contributed by atoms with Gasteiger partial charge in [-0.1, -0.05) is 6.42 Å². The Labute approximate surface area is 107 Å². The average molecular weight is 249 g/mol. The van der Waals surface area contributed by atoms with E-state index in [0.717, 1.165) is 19.3 Å². The number of ketones is 1. The maximum Gasteiger partial charge on any atom is 0.167 e. The van der Waals surface area contributed by atoms with Gasteiger partial charge in [0.1, 0.15) is 0 Å². The number of hydrogen-bond acceptors (Lipinski definition) is 4. The van der Waals surface area contributed by atoms with E-state index in [1.165, 1.54) is 0 Å². The predicted molar refractivity (Wildman–Crippen MR) is 69.2 cm³/mol. The summed E-state index contributed by atoms with van der Waals surface area (Å²) in [5.74, 6) is 1.27. The molecule has 2 N–H and O–H groups in total. The number of hydrogen-bond donors (Lipinski definition) is 1. The number of rotatable bonds is 4. The Kier molecular flexibility index (Phi) is 3.87. The number of nitrogens with two attached hydrogens (primary N) is 1. The number of carbonyl (C=O) groups excluding carboxylic acids is 1. The van der Waals surface area contributed by atoms with Crippen LogP contribution in [0.25, 0.3) is 0 Å². The normalized spacial score (nSPS) is 22.8. The van der Waals surface area contributed by atoms with E-state index in [0.29, 0.717) is 17.1 Å². The Balaban J connectivity index is 2.25. The van der Waals surface area contributed by atoms with Gasteiger partial charge in [0.2, 0.25) is 0 Å². The van der Waals surface area contributed by atoms with Crippen LogP contribution in [0.3, 0.4) is 0 Å². The third-order valence-corrected chi connectivity index (χ3v) is 3.57. The van der Waals surface area contributed by atoms with Crippen LogP contribution in [0.2, 0.25) is 0 Å². The van der Waals surface area contributed by atoms with Gasteiger partial charge in [-0.3, -0.25) is 4.79 Å². The highest BCUT2D eigenvalue weighted by molar-refractivity contribution is 5.99. The molecule has 4 heteroatoms. The van der Waals surface area contributed by atoms with E-state index in [1.54, 1.807) is 32.4 Å². The first-order valence-electron chi connectivity index (χ1n) is 6.19. The van der Waals surface area contributed by atoms with Crippen molar-refractivity contribution in [3.05, 3.63) is 23.8 Å². The van der Waals surface area contributed by atoms with Crippen LogP contribution in [-0.2, 0) is 0 Å². The van der Waals surface area contributed by atoms with E-state index in [-0.39, 0.29) is 17.7 Å². The third kappa shape index (κ3) is 2.34. The Bertz CT molecular complexity index is 445. The largest absolute Gasteiger partial charge is 0.493 e. The van der Waals surface area contributed by atoms with Gasteiger partial charge in [-0.05, 0) is 31.0 Å². The van der Waals surface area contributed by atoms with Crippen molar-refractivity contribution in [3.8, 4) is 11.5 Å². The van der Waals surface area contributed by atoms with Crippen molar-refractivity contribution in [1.29, 1.82) is 0 Å². The van der Waals surface area contributed by atoms with Gasteiger partial charge in [0.05, 0.1) is 14.2 Å². The van der Waals surface area contributed by atoms with E-state index >= 15 is 0 Å². The fourth-order valence-corrected chi connectivity index (χ4v) is 2.52. The van der Waals surface area contributed by atoms with Crippen LogP contribution in [0.4, 0.5) is 0 Å². The predicted octanol–water partition coefficient (Wildman–Crippen LogP) is 2.01. The second-order valence-corrected chi connectivity index (χ2v) is 4.64. The molecule has 98 valence electrons. The summed E-state index contributed by atoms with van der Waals surface area (Å²) < 4.78 is 10.4. The first kappa shape index (κ1) is 12.9. The molecule has 0 saturated heterocycles. The molecule has 18 heavy (non-hydrogen) atoms. The van der Waals surface area contributed by atoms with E-state index in [2.05, 4.69) is 0 Å². The van der Waals surface area contributed by atoms with Crippen LogP contribution in [0.5, 0.6) is 11.5 Å². The monoisotopic (exact) mass is 249 g/mol. The summed E-state index contributed by atoms with van der Waals surface area (Å²) in [5, 5.41) is 0. The fourth-order valence-electron chi connectivity index (χ4n) is 2.52. The first-order chi connectivity index (χ1) is 8.67. The molecule has 1 aromatic carbocycles. The van der Waals surface area contributed by atoms with Crippen LogP contribution in [0, 0.1) is 5.92 Å². The molecule has 0 spiro atoms. The maximum atomic E-state index is 12.3. The summed E-state index contributed by atoms with van der Waals surface area (Å²) in [4.78, 5) is 12.3.